The molecule has 3 aliphatic rings. The van der Waals surface area contributed by atoms with Crippen LogP contribution in [0.1, 0.15) is 36.4 Å². The number of carboxylic acid groups (broad SMARTS) is 1. The van der Waals surface area contributed by atoms with E-state index < -0.39 is 23.7 Å². The number of alkyl halides is 3. The lowest BCUT2D eigenvalue weighted by Gasteiger charge is -2.53. The highest BCUT2D eigenvalue weighted by Crippen LogP contribution is 2.40. The molecule has 3 aliphatic heterocycles. The first-order valence-electron chi connectivity index (χ1n) is 11.0. The highest BCUT2D eigenvalue weighted by molar-refractivity contribution is 7.12. The van der Waals surface area contributed by atoms with E-state index in [9.17, 15) is 23.1 Å². The number of ether oxygens (including phenoxy) is 1. The zero-order valence-corrected chi connectivity index (χ0v) is 20.5. The van der Waals surface area contributed by atoms with Crippen LogP contribution < -0.4 is 5.11 Å². The fourth-order valence-corrected chi connectivity index (χ4v) is 6.61. The molecule has 0 aliphatic carbocycles. The number of piperidine rings is 3. The lowest BCUT2D eigenvalue weighted by molar-refractivity contribution is -0.948. The number of hydrogen-bond donors (Lipinski definition) is 1. The second-order valence-corrected chi connectivity index (χ2v) is 11.2. The van der Waals surface area contributed by atoms with Crippen molar-refractivity contribution < 1.29 is 42.2 Å². The van der Waals surface area contributed by atoms with Gasteiger partial charge >= 0.3 is 12.1 Å². The molecule has 0 aromatic carbocycles. The zero-order valence-electron chi connectivity index (χ0n) is 18.9. The summed E-state index contributed by atoms with van der Waals surface area (Å²) in [4.78, 5) is 23.3. The van der Waals surface area contributed by atoms with Gasteiger partial charge in [0.2, 0.25) is 5.60 Å². The molecule has 0 amide bonds. The van der Waals surface area contributed by atoms with E-state index in [-0.39, 0.29) is 6.10 Å². The van der Waals surface area contributed by atoms with Crippen LogP contribution in [0.4, 0.5) is 13.2 Å². The quantitative estimate of drug-likeness (QED) is 0.468. The van der Waals surface area contributed by atoms with E-state index in [1.807, 2.05) is 35.0 Å². The van der Waals surface area contributed by atoms with Gasteiger partial charge in [-0.05, 0) is 22.9 Å². The molecule has 1 atom stereocenters. The van der Waals surface area contributed by atoms with E-state index in [4.69, 9.17) is 14.6 Å². The Bertz CT molecular complexity index is 918. The molecular formula is C23H28F3NO5S2. The molecule has 6 nitrogen and oxygen atoms in total. The van der Waals surface area contributed by atoms with Crippen LogP contribution in [0.3, 0.4) is 0 Å². The van der Waals surface area contributed by atoms with Gasteiger partial charge in [0.15, 0.2) is 6.10 Å². The van der Waals surface area contributed by atoms with Gasteiger partial charge in [0.05, 0.1) is 29.4 Å². The Morgan fingerprint density at radius 3 is 2.03 bits per heavy atom. The summed E-state index contributed by atoms with van der Waals surface area (Å²) in [6.45, 7) is 8.94. The molecule has 5 rings (SSSR count). The maximum absolute atomic E-state index is 13.3. The van der Waals surface area contributed by atoms with E-state index in [0.717, 1.165) is 30.4 Å². The summed E-state index contributed by atoms with van der Waals surface area (Å²) >= 11 is 2.79. The fraction of sp³-hybridized carbons (Fsp3) is 0.565. The Morgan fingerprint density at radius 1 is 1.15 bits per heavy atom. The van der Waals surface area contributed by atoms with Gasteiger partial charge in [0.1, 0.15) is 12.5 Å². The number of aliphatic carboxylic acids is 1. The summed E-state index contributed by atoms with van der Waals surface area (Å²) in [7, 11) is 0. The van der Waals surface area contributed by atoms with Crippen LogP contribution >= 0.6 is 22.7 Å². The first-order valence-corrected chi connectivity index (χ1v) is 12.8. The number of halogens is 3. The van der Waals surface area contributed by atoms with Gasteiger partial charge in [-0.15, -0.1) is 22.7 Å². The van der Waals surface area contributed by atoms with Crippen molar-refractivity contribution in [3.63, 3.8) is 0 Å². The van der Waals surface area contributed by atoms with Crippen molar-refractivity contribution in [1.82, 2.24) is 0 Å². The monoisotopic (exact) mass is 519 g/mol. The number of aliphatic hydroxyl groups is 1. The lowest BCUT2D eigenvalue weighted by Crippen LogP contribution is -2.65. The average Bonchev–Trinajstić information content (AvgIpc) is 3.47. The largest absolute Gasteiger partial charge is 0.542 e. The van der Waals surface area contributed by atoms with E-state index in [1.54, 1.807) is 0 Å². The molecule has 3 saturated heterocycles. The number of rotatable bonds is 6. The van der Waals surface area contributed by atoms with E-state index in [1.165, 1.54) is 35.8 Å². The normalized spacial score (nSPS) is 24.4. The van der Waals surface area contributed by atoms with Gasteiger partial charge in [-0.2, -0.15) is 13.2 Å². The molecule has 0 spiro atoms. The summed E-state index contributed by atoms with van der Waals surface area (Å²) in [6, 6.07) is 7.36. The van der Waals surface area contributed by atoms with Gasteiger partial charge in [-0.1, -0.05) is 26.0 Å². The summed E-state index contributed by atoms with van der Waals surface area (Å²) in [6.07, 6.45) is -3.06. The first-order chi connectivity index (χ1) is 15.9. The number of quaternary nitrogens is 1. The highest BCUT2D eigenvalue weighted by Gasteiger charge is 2.51. The molecule has 34 heavy (non-hydrogen) atoms. The predicted octanol–water partition coefficient (Wildman–Crippen LogP) is 3.15. The predicted molar refractivity (Wildman–Crippen MR) is 120 cm³/mol. The minimum absolute atomic E-state index is 0.0924. The van der Waals surface area contributed by atoms with Crippen molar-refractivity contribution in [2.24, 2.45) is 11.8 Å². The molecule has 2 bridgehead atoms. The van der Waals surface area contributed by atoms with Crippen molar-refractivity contribution in [3.05, 3.63) is 44.8 Å². The van der Waals surface area contributed by atoms with Crippen molar-refractivity contribution in [3.8, 4) is 0 Å². The third kappa shape index (κ3) is 5.81. The third-order valence-corrected chi connectivity index (χ3v) is 8.29. The van der Waals surface area contributed by atoms with Gasteiger partial charge in [0, 0.05) is 24.7 Å². The Morgan fingerprint density at radius 2 is 1.65 bits per heavy atom. The first kappa shape index (κ1) is 26.7. The molecule has 0 radical (unpaired) electrons. The van der Waals surface area contributed by atoms with Gasteiger partial charge < -0.3 is 24.2 Å². The van der Waals surface area contributed by atoms with Crippen molar-refractivity contribution in [2.45, 2.75) is 44.6 Å². The molecule has 11 heteroatoms. The smallest absolute Gasteiger partial charge is 0.430 e. The second-order valence-electron chi connectivity index (χ2n) is 9.28. The van der Waals surface area contributed by atoms with Crippen LogP contribution in [-0.4, -0.2) is 60.0 Å². The Hall–Kier alpha value is -1.95. The van der Waals surface area contributed by atoms with E-state index >= 15 is 0 Å². The van der Waals surface area contributed by atoms with Crippen LogP contribution in [0.25, 0.3) is 0 Å². The number of carbonyl (C=O) groups excluding carboxylic acids is 2. The van der Waals surface area contributed by atoms with E-state index in [2.05, 4.69) is 13.8 Å². The van der Waals surface area contributed by atoms with Crippen LogP contribution in [-0.2, 0) is 19.9 Å². The van der Waals surface area contributed by atoms with Gasteiger partial charge in [-0.25, -0.2) is 4.79 Å². The summed E-state index contributed by atoms with van der Waals surface area (Å²) in [5.41, 5.74) is -1.70. The topological polar surface area (TPSA) is 86.7 Å². The molecule has 1 N–H and O–H groups in total. The molecule has 5 heterocycles. The minimum Gasteiger partial charge on any atom is -0.542 e. The molecule has 188 valence electrons. The SMILES string of the molecule is CC(C)C[N+]12CCC(CC1)[C@@H](OC(=O)C(O)(c1cccs1)c1cccs1)C2.O=C([O-])C(F)(F)F. The summed E-state index contributed by atoms with van der Waals surface area (Å²) < 4.78 is 38.7. The minimum atomic E-state index is -5.19. The number of thiophene rings is 2. The van der Waals surface area contributed by atoms with Crippen LogP contribution in [0.5, 0.6) is 0 Å². The zero-order chi connectivity index (χ0) is 25.1. The highest BCUT2D eigenvalue weighted by atomic mass is 32.1. The average molecular weight is 520 g/mol. The summed E-state index contributed by atoms with van der Waals surface area (Å²) in [5.74, 6) is -2.47. The maximum Gasteiger partial charge on any atom is 0.430 e. The van der Waals surface area contributed by atoms with E-state index in [0.29, 0.717) is 21.6 Å². The number of nitrogens with zero attached hydrogens (tertiary/aromatic N) is 1. The molecule has 3 fully saturated rings. The second kappa shape index (κ2) is 10.3. The Kier molecular flexibility index (Phi) is 8.11. The maximum atomic E-state index is 13.3. The van der Waals surface area contributed by atoms with Crippen LogP contribution in [0.2, 0.25) is 0 Å². The third-order valence-electron chi connectivity index (χ3n) is 6.33. The number of carboxylic acids is 1. The molecule has 2 aromatic rings. The Balaban J connectivity index is 0.000000406. The van der Waals surface area contributed by atoms with Crippen molar-refractivity contribution in [1.29, 1.82) is 0 Å². The van der Waals surface area contributed by atoms with Crippen LogP contribution in [0.15, 0.2) is 35.0 Å². The molecule has 0 unspecified atom stereocenters. The number of esters is 1. The standard InChI is InChI=1S/C21H28NO3S2.C2HF3O2/c1-15(2)13-22-9-7-16(8-10-22)17(14-22)25-20(23)21(24,18-5-3-11-26-18)19-6-4-12-27-19;3-2(4,5)1(6)7/h3-6,11-12,15-17,24H,7-10,13-14H2,1-2H3;(H,6,7)/q+1;/p-1/t16?,17-,22?;/m0./s1. The molecular weight excluding hydrogens is 491 g/mol. The number of carbonyl (C=O) groups is 2. The lowest BCUT2D eigenvalue weighted by atomic mass is 9.82. The Labute approximate surface area is 204 Å². The number of fused-ring (bicyclic) bond motifs is 3. The fourth-order valence-electron chi connectivity index (χ4n) is 4.90. The number of hydrogen-bond acceptors (Lipinski definition) is 7. The van der Waals surface area contributed by atoms with Gasteiger partial charge in [-0.3, -0.25) is 0 Å². The summed E-state index contributed by atoms with van der Waals surface area (Å²) in [5, 5.41) is 24.0. The molecule has 0 saturated carbocycles. The van der Waals surface area contributed by atoms with Crippen molar-refractivity contribution >= 4 is 34.6 Å². The molecule has 2 aromatic heterocycles. The van der Waals surface area contributed by atoms with Crippen LogP contribution in [0, 0.1) is 11.8 Å². The van der Waals surface area contributed by atoms with Gasteiger partial charge in [0.25, 0.3) is 0 Å². The van der Waals surface area contributed by atoms with Crippen molar-refractivity contribution in [2.75, 3.05) is 26.2 Å².